The van der Waals surface area contributed by atoms with E-state index >= 15 is 0 Å². The molecule has 2 aromatic carbocycles. The molecule has 3 amide bonds. The molecule has 5 heteroatoms. The zero-order valence-corrected chi connectivity index (χ0v) is 13.4. The minimum atomic E-state index is -0.555. The van der Waals surface area contributed by atoms with Crippen molar-refractivity contribution < 1.29 is 9.59 Å². The number of rotatable bonds is 5. The molecule has 1 aliphatic rings. The van der Waals surface area contributed by atoms with Crippen molar-refractivity contribution in [3.05, 3.63) is 71.3 Å². The Kier molecular flexibility index (Phi) is 4.79. The van der Waals surface area contributed by atoms with Crippen molar-refractivity contribution >= 4 is 11.9 Å². The summed E-state index contributed by atoms with van der Waals surface area (Å²) in [4.78, 5) is 25.0. The maximum atomic E-state index is 12.4. The zero-order chi connectivity index (χ0) is 16.9. The fourth-order valence-electron chi connectivity index (χ4n) is 2.95. The molecular weight excluding hydrogens is 302 g/mol. The Balaban J connectivity index is 1.50. The highest BCUT2D eigenvalue weighted by atomic mass is 16.2. The van der Waals surface area contributed by atoms with Crippen molar-refractivity contribution in [1.82, 2.24) is 10.2 Å². The van der Waals surface area contributed by atoms with Crippen LogP contribution < -0.4 is 11.1 Å². The van der Waals surface area contributed by atoms with E-state index in [1.165, 1.54) is 5.56 Å². The molecule has 124 valence electrons. The monoisotopic (exact) mass is 323 g/mol. The number of nitrogens with one attached hydrogen (secondary N) is 1. The topological polar surface area (TPSA) is 75.4 Å². The number of urea groups is 1. The Labute approximate surface area is 141 Å². The highest BCUT2D eigenvalue weighted by Crippen LogP contribution is 2.22. The minimum Gasteiger partial charge on any atom is -0.352 e. The third kappa shape index (κ3) is 3.93. The largest absolute Gasteiger partial charge is 0.352 e. The van der Waals surface area contributed by atoms with E-state index < -0.39 is 6.03 Å². The molecule has 1 fully saturated rings. The molecule has 0 spiro atoms. The number of primary amides is 1. The number of likely N-dealkylation sites (tertiary alicyclic amines) is 1. The summed E-state index contributed by atoms with van der Waals surface area (Å²) >= 11 is 0. The van der Waals surface area contributed by atoms with Crippen LogP contribution in [0.1, 0.15) is 21.5 Å². The summed E-state index contributed by atoms with van der Waals surface area (Å²) in [6.07, 6.45) is 1.02. The molecule has 0 saturated carbocycles. The van der Waals surface area contributed by atoms with Gasteiger partial charge < -0.3 is 16.0 Å². The molecule has 24 heavy (non-hydrogen) atoms. The molecule has 0 aliphatic carbocycles. The fourth-order valence-corrected chi connectivity index (χ4v) is 2.95. The first-order valence-electron chi connectivity index (χ1n) is 8.07. The van der Waals surface area contributed by atoms with Crippen LogP contribution >= 0.6 is 0 Å². The van der Waals surface area contributed by atoms with Gasteiger partial charge in [-0.1, -0.05) is 42.5 Å². The molecule has 2 aromatic rings. The summed E-state index contributed by atoms with van der Waals surface area (Å²) in [5.41, 5.74) is 7.95. The second-order valence-electron chi connectivity index (χ2n) is 6.18. The summed E-state index contributed by atoms with van der Waals surface area (Å²) in [7, 11) is 0. The van der Waals surface area contributed by atoms with E-state index in [0.717, 1.165) is 25.1 Å². The lowest BCUT2D eigenvalue weighted by Gasteiger charge is -2.39. The van der Waals surface area contributed by atoms with E-state index in [0.29, 0.717) is 18.0 Å². The highest BCUT2D eigenvalue weighted by molar-refractivity contribution is 5.94. The van der Waals surface area contributed by atoms with E-state index in [9.17, 15) is 9.59 Å². The van der Waals surface area contributed by atoms with Crippen LogP contribution in [0, 0.1) is 5.92 Å². The number of amides is 3. The van der Waals surface area contributed by atoms with Crippen LogP contribution in [0.3, 0.4) is 0 Å². The standard InChI is InChI=1S/C19H21N3O2/c20-19(24)21-11-15-6-8-17(9-7-15)18(23)22-12-16(13-22)10-14-4-2-1-3-5-14/h1-9,16H,10-13H2,(H3,20,21,24). The van der Waals surface area contributed by atoms with Gasteiger partial charge in [-0.25, -0.2) is 4.79 Å². The lowest BCUT2D eigenvalue weighted by atomic mass is 9.91. The van der Waals surface area contributed by atoms with Crippen LogP contribution in [0.5, 0.6) is 0 Å². The molecule has 0 radical (unpaired) electrons. The van der Waals surface area contributed by atoms with E-state index in [1.54, 1.807) is 12.1 Å². The molecule has 0 aromatic heterocycles. The Bertz CT molecular complexity index is 707. The third-order valence-corrected chi connectivity index (χ3v) is 4.28. The van der Waals surface area contributed by atoms with Gasteiger partial charge in [0.15, 0.2) is 0 Å². The quantitative estimate of drug-likeness (QED) is 0.885. The number of benzene rings is 2. The Morgan fingerprint density at radius 3 is 2.29 bits per heavy atom. The van der Waals surface area contributed by atoms with Crippen LogP contribution in [0.15, 0.2) is 54.6 Å². The molecule has 3 rings (SSSR count). The molecule has 0 bridgehead atoms. The number of carbonyl (C=O) groups is 2. The molecule has 0 unspecified atom stereocenters. The summed E-state index contributed by atoms with van der Waals surface area (Å²) in [5.74, 6) is 0.601. The molecule has 3 N–H and O–H groups in total. The second kappa shape index (κ2) is 7.17. The average molecular weight is 323 g/mol. The first-order valence-corrected chi connectivity index (χ1v) is 8.07. The maximum Gasteiger partial charge on any atom is 0.312 e. The van der Waals surface area contributed by atoms with Crippen molar-refractivity contribution in [1.29, 1.82) is 0 Å². The van der Waals surface area contributed by atoms with Gasteiger partial charge in [-0.15, -0.1) is 0 Å². The van der Waals surface area contributed by atoms with Crippen molar-refractivity contribution in [2.45, 2.75) is 13.0 Å². The number of hydrogen-bond donors (Lipinski definition) is 2. The summed E-state index contributed by atoms with van der Waals surface area (Å²) in [6, 6.07) is 17.1. The smallest absolute Gasteiger partial charge is 0.312 e. The SMILES string of the molecule is NC(=O)NCc1ccc(C(=O)N2CC(Cc3ccccc3)C2)cc1. The Hall–Kier alpha value is -2.82. The Morgan fingerprint density at radius 2 is 1.67 bits per heavy atom. The number of nitrogens with zero attached hydrogens (tertiary/aromatic N) is 1. The first-order chi connectivity index (χ1) is 11.6. The molecule has 1 saturated heterocycles. The van der Waals surface area contributed by atoms with Crippen LogP contribution in [0.25, 0.3) is 0 Å². The predicted molar refractivity (Wildman–Crippen MR) is 92.4 cm³/mol. The lowest BCUT2D eigenvalue weighted by Crippen LogP contribution is -2.50. The van der Waals surface area contributed by atoms with Gasteiger partial charge in [0.05, 0.1) is 0 Å². The third-order valence-electron chi connectivity index (χ3n) is 4.28. The van der Waals surface area contributed by atoms with Gasteiger partial charge in [0.1, 0.15) is 0 Å². The van der Waals surface area contributed by atoms with Crippen LogP contribution in [-0.2, 0) is 13.0 Å². The molecule has 1 heterocycles. The first kappa shape index (κ1) is 16.1. The molecule has 0 atom stereocenters. The maximum absolute atomic E-state index is 12.4. The van der Waals surface area contributed by atoms with Crippen LogP contribution in [0.2, 0.25) is 0 Å². The molecular formula is C19H21N3O2. The molecule has 5 nitrogen and oxygen atoms in total. The number of hydrogen-bond acceptors (Lipinski definition) is 2. The van der Waals surface area contributed by atoms with Crippen molar-refractivity contribution in [3.63, 3.8) is 0 Å². The van der Waals surface area contributed by atoms with Gasteiger partial charge in [0, 0.05) is 25.2 Å². The van der Waals surface area contributed by atoms with E-state index in [1.807, 2.05) is 35.2 Å². The number of nitrogens with two attached hydrogens (primary N) is 1. The van der Waals surface area contributed by atoms with Gasteiger partial charge >= 0.3 is 6.03 Å². The minimum absolute atomic E-state index is 0.0636. The highest BCUT2D eigenvalue weighted by Gasteiger charge is 2.30. The second-order valence-corrected chi connectivity index (χ2v) is 6.18. The van der Waals surface area contributed by atoms with Crippen molar-refractivity contribution in [3.8, 4) is 0 Å². The van der Waals surface area contributed by atoms with E-state index in [-0.39, 0.29) is 5.91 Å². The van der Waals surface area contributed by atoms with Gasteiger partial charge in [-0.05, 0) is 35.6 Å². The number of carbonyl (C=O) groups excluding carboxylic acids is 2. The lowest BCUT2D eigenvalue weighted by molar-refractivity contribution is 0.0501. The summed E-state index contributed by atoms with van der Waals surface area (Å²) in [6.45, 7) is 1.98. The summed E-state index contributed by atoms with van der Waals surface area (Å²) < 4.78 is 0. The van der Waals surface area contributed by atoms with Crippen LogP contribution in [-0.4, -0.2) is 29.9 Å². The van der Waals surface area contributed by atoms with Crippen molar-refractivity contribution in [2.24, 2.45) is 11.7 Å². The normalized spacial score (nSPS) is 14.1. The average Bonchev–Trinajstić information content (AvgIpc) is 2.57. The van der Waals surface area contributed by atoms with Crippen molar-refractivity contribution in [2.75, 3.05) is 13.1 Å². The van der Waals surface area contributed by atoms with Crippen LogP contribution in [0.4, 0.5) is 4.79 Å². The summed E-state index contributed by atoms with van der Waals surface area (Å²) in [5, 5.41) is 2.53. The van der Waals surface area contributed by atoms with Gasteiger partial charge in [0.25, 0.3) is 5.91 Å². The van der Waals surface area contributed by atoms with Gasteiger partial charge in [-0.3, -0.25) is 4.79 Å². The zero-order valence-electron chi connectivity index (χ0n) is 13.4. The van der Waals surface area contributed by atoms with Gasteiger partial charge in [0.2, 0.25) is 0 Å². The van der Waals surface area contributed by atoms with Gasteiger partial charge in [-0.2, -0.15) is 0 Å². The van der Waals surface area contributed by atoms with E-state index in [4.69, 9.17) is 5.73 Å². The predicted octanol–water partition coefficient (Wildman–Crippen LogP) is 2.17. The molecule has 1 aliphatic heterocycles. The van der Waals surface area contributed by atoms with E-state index in [2.05, 4.69) is 17.4 Å². The fraction of sp³-hybridized carbons (Fsp3) is 0.263. The Morgan fingerprint density at radius 1 is 1.00 bits per heavy atom.